The van der Waals surface area contributed by atoms with E-state index < -0.39 is 18.5 Å². The van der Waals surface area contributed by atoms with Gasteiger partial charge in [-0.1, -0.05) is 18.2 Å². The van der Waals surface area contributed by atoms with Gasteiger partial charge in [-0.3, -0.25) is 19.2 Å². The maximum Gasteiger partial charge on any atom is 0.325 e. The predicted molar refractivity (Wildman–Crippen MR) is 119 cm³/mol. The predicted octanol–water partition coefficient (Wildman–Crippen LogP) is 2.76. The third-order valence-corrected chi connectivity index (χ3v) is 5.44. The van der Waals surface area contributed by atoms with Gasteiger partial charge in [0.05, 0.1) is 0 Å². The van der Waals surface area contributed by atoms with Crippen LogP contribution in [0.3, 0.4) is 0 Å². The maximum absolute atomic E-state index is 12.6. The van der Waals surface area contributed by atoms with Gasteiger partial charge in [-0.25, -0.2) is 0 Å². The summed E-state index contributed by atoms with van der Waals surface area (Å²) in [6, 6.07) is 14.0. The molecule has 8 nitrogen and oxygen atoms in total. The number of ether oxygens (including phenoxy) is 1. The number of H-pyrrole nitrogens is 1. The van der Waals surface area contributed by atoms with E-state index in [4.69, 9.17) is 4.74 Å². The average molecular weight is 433 g/mol. The van der Waals surface area contributed by atoms with Crippen LogP contribution in [-0.2, 0) is 14.3 Å². The number of Topliss-reactive ketones (excluding diaryl/α,β-unsaturated/α-hetero) is 1. The van der Waals surface area contributed by atoms with E-state index in [9.17, 15) is 19.2 Å². The number of fused-ring (bicyclic) bond motifs is 1. The van der Waals surface area contributed by atoms with Gasteiger partial charge in [0.2, 0.25) is 11.7 Å². The second-order valence-electron chi connectivity index (χ2n) is 7.63. The lowest BCUT2D eigenvalue weighted by Crippen LogP contribution is -2.31. The molecule has 8 heteroatoms. The SMILES string of the molecule is Cc1[nH]c2ccccc2c1C(=O)COC(=O)CNC(=O)c1ccc(N2CCCC2=O)cc1. The first-order valence-corrected chi connectivity index (χ1v) is 10.4. The van der Waals surface area contributed by atoms with Crippen LogP contribution >= 0.6 is 0 Å². The summed E-state index contributed by atoms with van der Waals surface area (Å²) in [5, 5.41) is 3.26. The lowest BCUT2D eigenvalue weighted by atomic mass is 10.1. The molecule has 1 aromatic heterocycles. The molecule has 1 aliphatic rings. The number of anilines is 1. The van der Waals surface area contributed by atoms with Gasteiger partial charge in [-0.15, -0.1) is 0 Å². The Labute approximate surface area is 184 Å². The van der Waals surface area contributed by atoms with E-state index in [0.29, 0.717) is 29.8 Å². The number of hydrogen-bond acceptors (Lipinski definition) is 5. The zero-order valence-electron chi connectivity index (χ0n) is 17.6. The normalized spacial score (nSPS) is 13.4. The van der Waals surface area contributed by atoms with Crippen LogP contribution in [0.4, 0.5) is 5.69 Å². The summed E-state index contributed by atoms with van der Waals surface area (Å²) in [6.45, 7) is 1.70. The first-order chi connectivity index (χ1) is 15.4. The first-order valence-electron chi connectivity index (χ1n) is 10.4. The smallest absolute Gasteiger partial charge is 0.325 e. The summed E-state index contributed by atoms with van der Waals surface area (Å²) in [6.07, 6.45) is 1.36. The van der Waals surface area contributed by atoms with Crippen molar-refractivity contribution in [2.24, 2.45) is 0 Å². The van der Waals surface area contributed by atoms with Gasteiger partial charge in [0, 0.05) is 46.4 Å². The Morgan fingerprint density at radius 2 is 1.84 bits per heavy atom. The van der Waals surface area contributed by atoms with Crippen molar-refractivity contribution < 1.29 is 23.9 Å². The number of aromatic amines is 1. The van der Waals surface area contributed by atoms with E-state index in [1.165, 1.54) is 0 Å². The fourth-order valence-electron chi connectivity index (χ4n) is 3.87. The van der Waals surface area contributed by atoms with Gasteiger partial charge in [-0.05, 0) is 43.7 Å². The molecule has 32 heavy (non-hydrogen) atoms. The third kappa shape index (κ3) is 4.39. The summed E-state index contributed by atoms with van der Waals surface area (Å²) in [5.41, 5.74) is 3.15. The van der Waals surface area contributed by atoms with E-state index in [1.807, 2.05) is 24.3 Å². The minimum absolute atomic E-state index is 0.0716. The molecule has 2 aromatic carbocycles. The topological polar surface area (TPSA) is 109 Å². The molecule has 0 bridgehead atoms. The molecule has 0 saturated carbocycles. The van der Waals surface area contributed by atoms with Crippen molar-refractivity contribution in [3.63, 3.8) is 0 Å². The fourth-order valence-corrected chi connectivity index (χ4v) is 3.87. The molecule has 2 heterocycles. The number of aryl methyl sites for hydroxylation is 1. The van der Waals surface area contributed by atoms with Crippen LogP contribution in [0, 0.1) is 6.92 Å². The molecule has 0 radical (unpaired) electrons. The molecule has 0 atom stereocenters. The van der Waals surface area contributed by atoms with E-state index in [-0.39, 0.29) is 18.2 Å². The number of esters is 1. The highest BCUT2D eigenvalue weighted by Crippen LogP contribution is 2.23. The third-order valence-electron chi connectivity index (χ3n) is 5.44. The highest BCUT2D eigenvalue weighted by atomic mass is 16.5. The number of nitrogens with one attached hydrogen (secondary N) is 2. The number of para-hydroxylation sites is 1. The monoisotopic (exact) mass is 433 g/mol. The summed E-state index contributed by atoms with van der Waals surface area (Å²) < 4.78 is 5.05. The average Bonchev–Trinajstić information content (AvgIpc) is 3.37. The van der Waals surface area contributed by atoms with Gasteiger partial charge in [0.1, 0.15) is 6.54 Å². The Balaban J connectivity index is 1.28. The molecule has 164 valence electrons. The Morgan fingerprint density at radius 1 is 1.09 bits per heavy atom. The molecular weight excluding hydrogens is 410 g/mol. The first kappa shape index (κ1) is 21.3. The van der Waals surface area contributed by atoms with Crippen molar-refractivity contribution in [3.8, 4) is 0 Å². The number of hydrogen-bond donors (Lipinski definition) is 2. The Kier molecular flexibility index (Phi) is 6.02. The van der Waals surface area contributed by atoms with E-state index in [2.05, 4.69) is 10.3 Å². The number of ketones is 1. The number of aromatic nitrogens is 1. The van der Waals surface area contributed by atoms with Crippen molar-refractivity contribution in [1.82, 2.24) is 10.3 Å². The largest absolute Gasteiger partial charge is 0.456 e. The van der Waals surface area contributed by atoms with Crippen molar-refractivity contribution in [2.75, 3.05) is 24.6 Å². The maximum atomic E-state index is 12.6. The molecule has 1 aliphatic heterocycles. The molecule has 0 aliphatic carbocycles. The highest BCUT2D eigenvalue weighted by Gasteiger charge is 2.22. The Morgan fingerprint density at radius 3 is 2.56 bits per heavy atom. The number of carbonyl (C=O) groups excluding carboxylic acids is 4. The molecule has 1 saturated heterocycles. The van der Waals surface area contributed by atoms with Crippen LogP contribution in [0.5, 0.6) is 0 Å². The van der Waals surface area contributed by atoms with Crippen LogP contribution in [-0.4, -0.2) is 48.2 Å². The van der Waals surface area contributed by atoms with Crippen molar-refractivity contribution in [3.05, 3.63) is 65.4 Å². The number of benzene rings is 2. The number of nitrogens with zero attached hydrogens (tertiary/aromatic N) is 1. The molecule has 4 rings (SSSR count). The van der Waals surface area contributed by atoms with E-state index in [1.54, 1.807) is 36.1 Å². The molecule has 1 fully saturated rings. The standard InChI is InChI=1S/C24H23N3O5/c1-15-23(18-5-2-3-6-19(18)26-15)20(28)14-32-22(30)13-25-24(31)16-8-10-17(11-9-16)27-12-4-7-21(27)29/h2-3,5-6,8-11,26H,4,7,12-14H2,1H3,(H,25,31). The molecular formula is C24H23N3O5. The van der Waals surface area contributed by atoms with Gasteiger partial charge < -0.3 is 19.9 Å². The molecule has 2 N–H and O–H groups in total. The lowest BCUT2D eigenvalue weighted by molar-refractivity contribution is -0.141. The van der Waals surface area contributed by atoms with Gasteiger partial charge in [0.15, 0.2) is 6.61 Å². The lowest BCUT2D eigenvalue weighted by Gasteiger charge is -2.15. The van der Waals surface area contributed by atoms with Crippen LogP contribution in [0.1, 0.15) is 39.3 Å². The number of rotatable bonds is 7. The van der Waals surface area contributed by atoms with Crippen molar-refractivity contribution >= 4 is 40.2 Å². The zero-order chi connectivity index (χ0) is 22.7. The zero-order valence-corrected chi connectivity index (χ0v) is 17.6. The second-order valence-corrected chi connectivity index (χ2v) is 7.63. The second kappa shape index (κ2) is 9.05. The molecule has 2 amide bonds. The van der Waals surface area contributed by atoms with E-state index >= 15 is 0 Å². The van der Waals surface area contributed by atoms with Crippen molar-refractivity contribution in [2.45, 2.75) is 19.8 Å². The summed E-state index contributed by atoms with van der Waals surface area (Å²) >= 11 is 0. The van der Waals surface area contributed by atoms with Crippen LogP contribution in [0.25, 0.3) is 10.9 Å². The Bertz CT molecular complexity index is 1200. The molecule has 0 spiro atoms. The van der Waals surface area contributed by atoms with Gasteiger partial charge in [-0.2, -0.15) is 0 Å². The van der Waals surface area contributed by atoms with Crippen molar-refractivity contribution in [1.29, 1.82) is 0 Å². The van der Waals surface area contributed by atoms with Gasteiger partial charge in [0.25, 0.3) is 5.91 Å². The molecule has 3 aromatic rings. The Hall–Kier alpha value is -3.94. The highest BCUT2D eigenvalue weighted by molar-refractivity contribution is 6.10. The number of carbonyl (C=O) groups is 4. The van der Waals surface area contributed by atoms with Crippen LogP contribution in [0.15, 0.2) is 48.5 Å². The summed E-state index contributed by atoms with van der Waals surface area (Å²) in [4.78, 5) is 53.5. The summed E-state index contributed by atoms with van der Waals surface area (Å²) in [5.74, 6) is -1.39. The molecule has 0 unspecified atom stereocenters. The van der Waals surface area contributed by atoms with Crippen LogP contribution < -0.4 is 10.2 Å². The minimum atomic E-state index is -0.705. The quantitative estimate of drug-likeness (QED) is 0.440. The van der Waals surface area contributed by atoms with Crippen LogP contribution in [0.2, 0.25) is 0 Å². The van der Waals surface area contributed by atoms with Gasteiger partial charge >= 0.3 is 5.97 Å². The van der Waals surface area contributed by atoms with E-state index in [0.717, 1.165) is 23.0 Å². The minimum Gasteiger partial charge on any atom is -0.456 e. The number of amides is 2. The summed E-state index contributed by atoms with van der Waals surface area (Å²) in [7, 11) is 0. The fraction of sp³-hybridized carbons (Fsp3) is 0.250.